The van der Waals surface area contributed by atoms with Crippen molar-refractivity contribution >= 4 is 11.7 Å². The molecule has 0 fully saturated rings. The van der Waals surface area contributed by atoms with Crippen molar-refractivity contribution in [1.29, 1.82) is 0 Å². The summed E-state index contributed by atoms with van der Waals surface area (Å²) in [5, 5.41) is 11.2. The summed E-state index contributed by atoms with van der Waals surface area (Å²) in [5.74, 6) is -0.389. The Balaban J connectivity index is 1.99. The van der Waals surface area contributed by atoms with Gasteiger partial charge in [-0.25, -0.2) is 0 Å². The van der Waals surface area contributed by atoms with E-state index in [1.54, 1.807) is 24.3 Å². The number of benzene rings is 2. The highest BCUT2D eigenvalue weighted by Crippen LogP contribution is 2.36. The van der Waals surface area contributed by atoms with Crippen LogP contribution in [0.3, 0.4) is 0 Å². The van der Waals surface area contributed by atoms with E-state index in [1.807, 2.05) is 0 Å². The quantitative estimate of drug-likeness (QED) is 0.303. The number of esters is 1. The molecule has 0 aromatic heterocycles. The second kappa shape index (κ2) is 10.8. The van der Waals surface area contributed by atoms with E-state index in [-0.39, 0.29) is 24.3 Å². The lowest BCUT2D eigenvalue weighted by atomic mass is 10.1. The molecule has 2 rings (SSSR count). The number of nitro benzene ring substituents is 1. The normalized spacial score (nSPS) is 10.4. The van der Waals surface area contributed by atoms with Crippen LogP contribution in [0.5, 0.6) is 23.0 Å². The molecule has 30 heavy (non-hydrogen) atoms. The monoisotopic (exact) mass is 427 g/mol. The van der Waals surface area contributed by atoms with Crippen LogP contribution in [0.15, 0.2) is 36.4 Å². The Bertz CT molecular complexity index is 891. The molecule has 0 radical (unpaired) electrons. The van der Waals surface area contributed by atoms with Crippen LogP contribution in [0.25, 0.3) is 0 Å². The molecule has 0 unspecified atom stereocenters. The second-order valence-electron chi connectivity index (χ2n) is 5.68. The Hall–Kier alpha value is -3.63. The lowest BCUT2D eigenvalue weighted by Crippen LogP contribution is -2.11. The maximum Gasteiger partial charge on any atom is 0.387 e. The number of nitrogens with zero attached hydrogens (tertiary/aromatic N) is 1. The minimum absolute atomic E-state index is 0.00815. The number of carbonyl (C=O) groups is 1. The number of methoxy groups -OCH3 is 2. The van der Waals surface area contributed by atoms with Crippen molar-refractivity contribution in [3.63, 3.8) is 0 Å². The number of rotatable bonds is 11. The predicted molar refractivity (Wildman–Crippen MR) is 99.2 cm³/mol. The highest BCUT2D eigenvalue weighted by molar-refractivity contribution is 5.69. The first-order valence-corrected chi connectivity index (χ1v) is 8.57. The van der Waals surface area contributed by atoms with Gasteiger partial charge in [0.1, 0.15) is 6.61 Å². The van der Waals surface area contributed by atoms with Crippen molar-refractivity contribution in [1.82, 2.24) is 0 Å². The van der Waals surface area contributed by atoms with E-state index in [0.29, 0.717) is 11.5 Å². The summed E-state index contributed by atoms with van der Waals surface area (Å²) in [6, 6.07) is 8.76. The summed E-state index contributed by atoms with van der Waals surface area (Å²) in [5.41, 5.74) is -0.595. The molecule has 0 aliphatic carbocycles. The summed E-state index contributed by atoms with van der Waals surface area (Å²) in [7, 11) is 2.67. The molecule has 0 spiro atoms. The Morgan fingerprint density at radius 1 is 1.07 bits per heavy atom. The third-order valence-electron chi connectivity index (χ3n) is 3.80. The van der Waals surface area contributed by atoms with Crippen LogP contribution < -0.4 is 18.9 Å². The summed E-state index contributed by atoms with van der Waals surface area (Å²) < 4.78 is 49.7. The van der Waals surface area contributed by atoms with Crippen LogP contribution in [0.1, 0.15) is 12.0 Å². The van der Waals surface area contributed by atoms with E-state index < -0.39 is 35.5 Å². The molecular weight excluding hydrogens is 408 g/mol. The van der Waals surface area contributed by atoms with E-state index in [0.717, 1.165) is 12.1 Å². The maximum absolute atomic E-state index is 12.5. The summed E-state index contributed by atoms with van der Waals surface area (Å²) in [6.45, 7) is -3.66. The van der Waals surface area contributed by atoms with Crippen LogP contribution in [-0.4, -0.2) is 38.3 Å². The van der Waals surface area contributed by atoms with Gasteiger partial charge in [-0.05, 0) is 18.2 Å². The highest BCUT2D eigenvalue weighted by Gasteiger charge is 2.22. The lowest BCUT2D eigenvalue weighted by molar-refractivity contribution is -0.386. The van der Waals surface area contributed by atoms with Gasteiger partial charge in [-0.15, -0.1) is 0 Å². The fraction of sp³-hybridized carbons (Fsp3) is 0.316. The third kappa shape index (κ3) is 6.19. The van der Waals surface area contributed by atoms with Gasteiger partial charge in [-0.1, -0.05) is 12.1 Å². The predicted octanol–water partition coefficient (Wildman–Crippen LogP) is 3.73. The van der Waals surface area contributed by atoms with Crippen LogP contribution in [-0.2, 0) is 16.1 Å². The average molecular weight is 427 g/mol. The van der Waals surface area contributed by atoms with Crippen molar-refractivity contribution in [2.45, 2.75) is 19.6 Å². The van der Waals surface area contributed by atoms with E-state index >= 15 is 0 Å². The first kappa shape index (κ1) is 22.7. The van der Waals surface area contributed by atoms with Gasteiger partial charge in [0, 0.05) is 0 Å². The Kier molecular flexibility index (Phi) is 8.15. The van der Waals surface area contributed by atoms with Crippen LogP contribution in [0.2, 0.25) is 0 Å². The summed E-state index contributed by atoms with van der Waals surface area (Å²) >= 11 is 0. The van der Waals surface area contributed by atoms with Gasteiger partial charge in [0.25, 0.3) is 5.69 Å². The molecule has 0 aliphatic rings. The lowest BCUT2D eigenvalue weighted by Gasteiger charge is -2.13. The molecule has 0 bridgehead atoms. The molecule has 2 aromatic carbocycles. The number of halogens is 2. The number of nitro groups is 1. The topological polar surface area (TPSA) is 106 Å². The van der Waals surface area contributed by atoms with Gasteiger partial charge in [-0.3, -0.25) is 14.9 Å². The van der Waals surface area contributed by atoms with E-state index in [9.17, 15) is 23.7 Å². The number of alkyl halides is 2. The first-order valence-electron chi connectivity index (χ1n) is 8.57. The van der Waals surface area contributed by atoms with E-state index in [2.05, 4.69) is 4.74 Å². The van der Waals surface area contributed by atoms with E-state index in [4.69, 9.17) is 18.9 Å². The zero-order valence-corrected chi connectivity index (χ0v) is 16.1. The molecule has 0 aliphatic heterocycles. The van der Waals surface area contributed by atoms with Gasteiger partial charge in [0.05, 0.1) is 43.8 Å². The Morgan fingerprint density at radius 3 is 2.33 bits per heavy atom. The Morgan fingerprint density at radius 2 is 1.73 bits per heavy atom. The van der Waals surface area contributed by atoms with Crippen molar-refractivity contribution in [2.24, 2.45) is 0 Å². The number of hydrogen-bond acceptors (Lipinski definition) is 8. The molecule has 11 heteroatoms. The molecule has 0 N–H and O–H groups in total. The number of para-hydroxylation sites is 2. The van der Waals surface area contributed by atoms with Crippen LogP contribution in [0, 0.1) is 10.1 Å². The van der Waals surface area contributed by atoms with Crippen molar-refractivity contribution in [3.05, 3.63) is 52.1 Å². The molecule has 2 aromatic rings. The SMILES string of the molecule is COc1ccccc1OCCC(=O)OCc1cc(OC)c(OC(F)F)cc1[N+](=O)[O-]. The molecular formula is C19H19F2NO8. The molecule has 0 amide bonds. The van der Waals surface area contributed by atoms with Gasteiger partial charge in [0.2, 0.25) is 0 Å². The van der Waals surface area contributed by atoms with Crippen LogP contribution in [0.4, 0.5) is 14.5 Å². The van der Waals surface area contributed by atoms with Gasteiger partial charge >= 0.3 is 12.6 Å². The fourth-order valence-corrected chi connectivity index (χ4v) is 2.44. The van der Waals surface area contributed by atoms with E-state index in [1.165, 1.54) is 14.2 Å². The van der Waals surface area contributed by atoms with Crippen LogP contribution >= 0.6 is 0 Å². The molecule has 0 saturated carbocycles. The zero-order valence-electron chi connectivity index (χ0n) is 16.1. The molecule has 162 valence electrons. The second-order valence-corrected chi connectivity index (χ2v) is 5.68. The van der Waals surface area contributed by atoms with Crippen molar-refractivity contribution in [2.75, 3.05) is 20.8 Å². The van der Waals surface area contributed by atoms with Crippen molar-refractivity contribution in [3.8, 4) is 23.0 Å². The number of ether oxygens (including phenoxy) is 5. The minimum Gasteiger partial charge on any atom is -0.493 e. The highest BCUT2D eigenvalue weighted by atomic mass is 19.3. The molecule has 9 nitrogen and oxygen atoms in total. The largest absolute Gasteiger partial charge is 0.493 e. The molecule has 0 atom stereocenters. The van der Waals surface area contributed by atoms with Gasteiger partial charge in [0.15, 0.2) is 23.0 Å². The summed E-state index contributed by atoms with van der Waals surface area (Å²) in [4.78, 5) is 22.4. The zero-order chi connectivity index (χ0) is 22.1. The average Bonchev–Trinajstić information content (AvgIpc) is 2.72. The number of hydrogen-bond donors (Lipinski definition) is 0. The fourth-order valence-electron chi connectivity index (χ4n) is 2.44. The number of carbonyl (C=O) groups excluding carboxylic acids is 1. The first-order chi connectivity index (χ1) is 14.3. The smallest absolute Gasteiger partial charge is 0.387 e. The van der Waals surface area contributed by atoms with Gasteiger partial charge in [-0.2, -0.15) is 8.78 Å². The maximum atomic E-state index is 12.5. The molecule has 0 saturated heterocycles. The minimum atomic E-state index is -3.19. The summed E-state index contributed by atoms with van der Waals surface area (Å²) in [6.07, 6.45) is -0.129. The standard InChI is InChI=1S/C19H19F2NO8/c1-26-14-5-3-4-6-15(14)28-8-7-18(23)29-11-12-9-16(27-2)17(30-19(20)21)10-13(12)22(24)25/h3-6,9-10,19H,7-8,11H2,1-2H3. The third-order valence-corrected chi connectivity index (χ3v) is 3.80. The molecule has 0 heterocycles. The van der Waals surface area contributed by atoms with Crippen molar-refractivity contribution < 1.29 is 42.2 Å². The van der Waals surface area contributed by atoms with Gasteiger partial charge < -0.3 is 23.7 Å². The Labute approximate surface area is 170 Å².